The molecule has 0 aliphatic carbocycles. The summed E-state index contributed by atoms with van der Waals surface area (Å²) >= 11 is 4.92. The van der Waals surface area contributed by atoms with Crippen LogP contribution in [0.1, 0.15) is 31.9 Å². The van der Waals surface area contributed by atoms with Crippen molar-refractivity contribution >= 4 is 23.1 Å². The summed E-state index contributed by atoms with van der Waals surface area (Å²) in [5.74, 6) is 0.974. The number of carbonyl (C=O) groups is 1. The highest BCUT2D eigenvalue weighted by atomic mass is 32.1. The highest BCUT2D eigenvalue weighted by molar-refractivity contribution is 7.80. The molecule has 1 amide bonds. The SMILES string of the molecule is CCC(C)(C(=O)NCc1ncc(C)o1)C(N)=S. The van der Waals surface area contributed by atoms with E-state index in [9.17, 15) is 4.79 Å². The lowest BCUT2D eigenvalue weighted by Crippen LogP contribution is -2.46. The van der Waals surface area contributed by atoms with E-state index in [1.165, 1.54) is 0 Å². The second-order valence-corrected chi connectivity index (χ2v) is 4.54. The van der Waals surface area contributed by atoms with Crippen LogP contribution in [0.2, 0.25) is 0 Å². The Labute approximate surface area is 106 Å². The first-order valence-electron chi connectivity index (χ1n) is 5.39. The number of thiocarbonyl (C=S) groups is 1. The van der Waals surface area contributed by atoms with E-state index in [1.54, 1.807) is 20.0 Å². The molecule has 0 bridgehead atoms. The first-order valence-corrected chi connectivity index (χ1v) is 5.80. The molecule has 1 rings (SSSR count). The van der Waals surface area contributed by atoms with Crippen LogP contribution in [0.25, 0.3) is 0 Å². The Bertz CT molecular complexity index is 430. The van der Waals surface area contributed by atoms with Crippen molar-refractivity contribution in [3.63, 3.8) is 0 Å². The lowest BCUT2D eigenvalue weighted by Gasteiger charge is -2.25. The van der Waals surface area contributed by atoms with Crippen molar-refractivity contribution in [2.75, 3.05) is 0 Å². The zero-order valence-electron chi connectivity index (χ0n) is 10.2. The lowest BCUT2D eigenvalue weighted by molar-refractivity contribution is -0.127. The van der Waals surface area contributed by atoms with Crippen molar-refractivity contribution < 1.29 is 9.21 Å². The van der Waals surface area contributed by atoms with Gasteiger partial charge in [-0.3, -0.25) is 4.79 Å². The summed E-state index contributed by atoms with van der Waals surface area (Å²) in [7, 11) is 0. The van der Waals surface area contributed by atoms with Gasteiger partial charge in [0.05, 0.1) is 23.1 Å². The van der Waals surface area contributed by atoms with Crippen LogP contribution in [0.3, 0.4) is 0 Å². The minimum absolute atomic E-state index is 0.195. The standard InChI is InChI=1S/C11H17N3O2S/c1-4-11(3,9(12)17)10(15)14-6-8-13-5-7(2)16-8/h5H,4,6H2,1-3H3,(H2,12,17)(H,14,15). The Morgan fingerprint density at radius 2 is 2.35 bits per heavy atom. The van der Waals surface area contributed by atoms with Gasteiger partial charge < -0.3 is 15.5 Å². The molecule has 0 fully saturated rings. The molecule has 1 heterocycles. The molecule has 1 aromatic rings. The van der Waals surface area contributed by atoms with Crippen LogP contribution >= 0.6 is 12.2 Å². The molecule has 1 unspecified atom stereocenters. The maximum atomic E-state index is 12.0. The molecule has 0 radical (unpaired) electrons. The topological polar surface area (TPSA) is 81.2 Å². The second-order valence-electron chi connectivity index (χ2n) is 4.10. The predicted octanol–water partition coefficient (Wildman–Crippen LogP) is 1.30. The van der Waals surface area contributed by atoms with Crippen LogP contribution in [0.15, 0.2) is 10.6 Å². The third kappa shape index (κ3) is 3.03. The van der Waals surface area contributed by atoms with E-state index in [4.69, 9.17) is 22.4 Å². The van der Waals surface area contributed by atoms with E-state index >= 15 is 0 Å². The third-order valence-electron chi connectivity index (χ3n) is 2.82. The monoisotopic (exact) mass is 255 g/mol. The number of rotatable bonds is 5. The van der Waals surface area contributed by atoms with Gasteiger partial charge in [-0.2, -0.15) is 0 Å². The van der Waals surface area contributed by atoms with Crippen LogP contribution in [-0.2, 0) is 11.3 Å². The summed E-state index contributed by atoms with van der Waals surface area (Å²) < 4.78 is 5.25. The van der Waals surface area contributed by atoms with E-state index in [2.05, 4.69) is 10.3 Å². The maximum absolute atomic E-state index is 12.0. The van der Waals surface area contributed by atoms with Gasteiger partial charge in [-0.05, 0) is 20.3 Å². The van der Waals surface area contributed by atoms with Crippen molar-refractivity contribution in [1.82, 2.24) is 10.3 Å². The van der Waals surface area contributed by atoms with E-state index in [0.717, 1.165) is 0 Å². The Morgan fingerprint density at radius 1 is 1.71 bits per heavy atom. The zero-order valence-corrected chi connectivity index (χ0v) is 11.1. The Hall–Kier alpha value is -1.43. The van der Waals surface area contributed by atoms with Gasteiger partial charge in [0.2, 0.25) is 11.8 Å². The van der Waals surface area contributed by atoms with E-state index in [1.807, 2.05) is 6.92 Å². The normalized spacial score (nSPS) is 14.1. The average Bonchev–Trinajstić information content (AvgIpc) is 2.70. The van der Waals surface area contributed by atoms with Gasteiger partial charge in [0.15, 0.2) is 0 Å². The van der Waals surface area contributed by atoms with Crippen molar-refractivity contribution in [2.24, 2.45) is 11.1 Å². The molecule has 3 N–H and O–H groups in total. The summed E-state index contributed by atoms with van der Waals surface area (Å²) in [6, 6.07) is 0. The van der Waals surface area contributed by atoms with Gasteiger partial charge in [-0.1, -0.05) is 19.1 Å². The molecule has 0 aromatic carbocycles. The molecule has 0 spiro atoms. The van der Waals surface area contributed by atoms with E-state index < -0.39 is 5.41 Å². The van der Waals surface area contributed by atoms with Gasteiger partial charge >= 0.3 is 0 Å². The Balaban J connectivity index is 2.63. The third-order valence-corrected chi connectivity index (χ3v) is 3.27. The minimum atomic E-state index is -0.822. The molecule has 1 atom stereocenters. The molecular weight excluding hydrogens is 238 g/mol. The fourth-order valence-electron chi connectivity index (χ4n) is 1.28. The number of oxazole rings is 1. The van der Waals surface area contributed by atoms with Crippen molar-refractivity contribution in [1.29, 1.82) is 0 Å². The second kappa shape index (κ2) is 5.27. The van der Waals surface area contributed by atoms with Crippen LogP contribution in [-0.4, -0.2) is 15.9 Å². The lowest BCUT2D eigenvalue weighted by atomic mass is 9.86. The number of nitrogens with one attached hydrogen (secondary N) is 1. The van der Waals surface area contributed by atoms with Crippen molar-refractivity contribution in [2.45, 2.75) is 33.7 Å². The molecule has 94 valence electrons. The van der Waals surface area contributed by atoms with Gasteiger partial charge in [0.25, 0.3) is 0 Å². The number of carbonyl (C=O) groups excluding carboxylic acids is 1. The molecule has 0 saturated heterocycles. The van der Waals surface area contributed by atoms with E-state index in [-0.39, 0.29) is 17.4 Å². The molecule has 17 heavy (non-hydrogen) atoms. The van der Waals surface area contributed by atoms with Crippen LogP contribution < -0.4 is 11.1 Å². The summed E-state index contributed by atoms with van der Waals surface area (Å²) in [4.78, 5) is 16.2. The van der Waals surface area contributed by atoms with E-state index in [0.29, 0.717) is 18.1 Å². The fourth-order valence-corrected chi connectivity index (χ4v) is 1.52. The quantitative estimate of drug-likeness (QED) is 0.775. The molecule has 0 aliphatic heterocycles. The molecule has 6 heteroatoms. The van der Waals surface area contributed by atoms with Crippen molar-refractivity contribution in [3.05, 3.63) is 17.8 Å². The van der Waals surface area contributed by atoms with Gasteiger partial charge in [0, 0.05) is 0 Å². The summed E-state index contributed by atoms with van der Waals surface area (Å²) in [5.41, 5.74) is 4.76. The first-order chi connectivity index (χ1) is 7.90. The minimum Gasteiger partial charge on any atom is -0.444 e. The zero-order chi connectivity index (χ0) is 13.1. The van der Waals surface area contributed by atoms with Gasteiger partial charge in [-0.25, -0.2) is 4.98 Å². The van der Waals surface area contributed by atoms with Crippen LogP contribution in [0.4, 0.5) is 0 Å². The average molecular weight is 255 g/mol. The fraction of sp³-hybridized carbons (Fsp3) is 0.545. The summed E-state index contributed by atoms with van der Waals surface area (Å²) in [6.07, 6.45) is 2.16. The predicted molar refractivity (Wildman–Crippen MR) is 68.3 cm³/mol. The highest BCUT2D eigenvalue weighted by Gasteiger charge is 2.34. The molecular formula is C11H17N3O2S. The smallest absolute Gasteiger partial charge is 0.233 e. The maximum Gasteiger partial charge on any atom is 0.233 e. The first kappa shape index (κ1) is 13.6. The molecule has 0 saturated carbocycles. The number of aromatic nitrogens is 1. The number of amides is 1. The Kier molecular flexibility index (Phi) is 4.22. The van der Waals surface area contributed by atoms with Crippen LogP contribution in [0.5, 0.6) is 0 Å². The van der Waals surface area contributed by atoms with Gasteiger partial charge in [-0.15, -0.1) is 0 Å². The molecule has 0 aliphatic rings. The largest absolute Gasteiger partial charge is 0.444 e. The Morgan fingerprint density at radius 3 is 2.76 bits per heavy atom. The summed E-state index contributed by atoms with van der Waals surface area (Å²) in [6.45, 7) is 5.63. The molecule has 1 aromatic heterocycles. The number of nitrogens with two attached hydrogens (primary N) is 1. The molecule has 5 nitrogen and oxygen atoms in total. The highest BCUT2D eigenvalue weighted by Crippen LogP contribution is 2.21. The van der Waals surface area contributed by atoms with Crippen molar-refractivity contribution in [3.8, 4) is 0 Å². The number of hydrogen-bond donors (Lipinski definition) is 2. The summed E-state index contributed by atoms with van der Waals surface area (Å²) in [5, 5.41) is 2.72. The van der Waals surface area contributed by atoms with Gasteiger partial charge in [0.1, 0.15) is 5.76 Å². The van der Waals surface area contributed by atoms with Crippen LogP contribution in [0, 0.1) is 12.3 Å². The number of aryl methyl sites for hydroxylation is 1. The number of hydrogen-bond acceptors (Lipinski definition) is 4. The number of nitrogens with zero attached hydrogens (tertiary/aromatic N) is 1.